The lowest BCUT2D eigenvalue weighted by atomic mass is 10.2. The van der Waals surface area contributed by atoms with E-state index in [0.29, 0.717) is 4.90 Å². The Morgan fingerprint density at radius 2 is 1.53 bits per heavy atom. The van der Waals surface area contributed by atoms with Crippen LogP contribution in [0.25, 0.3) is 0 Å². The third-order valence-corrected chi connectivity index (χ3v) is 2.11. The summed E-state index contributed by atoms with van der Waals surface area (Å²) in [7, 11) is 0. The van der Waals surface area contributed by atoms with Crippen LogP contribution in [0, 0.1) is 0 Å². The van der Waals surface area contributed by atoms with Gasteiger partial charge in [0.1, 0.15) is 5.57 Å². The summed E-state index contributed by atoms with van der Waals surface area (Å²) in [4.78, 5) is 0.423. The lowest BCUT2D eigenvalue weighted by molar-refractivity contribution is -0.193. The van der Waals surface area contributed by atoms with Crippen molar-refractivity contribution in [3.63, 3.8) is 0 Å². The summed E-state index contributed by atoms with van der Waals surface area (Å²) in [6.07, 6.45) is -5.08. The van der Waals surface area contributed by atoms with Gasteiger partial charge in [-0.15, -0.1) is 0 Å². The zero-order chi connectivity index (χ0) is 11.7. The van der Waals surface area contributed by atoms with E-state index >= 15 is 0 Å². The van der Waals surface area contributed by atoms with Gasteiger partial charge in [0.25, 0.3) is 0 Å². The van der Waals surface area contributed by atoms with E-state index < -0.39 is 17.8 Å². The molecule has 0 spiro atoms. The van der Waals surface area contributed by atoms with E-state index in [2.05, 4.69) is 6.58 Å². The van der Waals surface area contributed by atoms with Crippen molar-refractivity contribution in [2.24, 2.45) is 0 Å². The van der Waals surface area contributed by atoms with E-state index in [9.17, 15) is 22.0 Å². The number of hydrogen-bond acceptors (Lipinski definition) is 2. The average Bonchev–Trinajstić information content (AvgIpc) is 2.16. The number of hydrogen-bond donors (Lipinski definition) is 0. The molecule has 0 aliphatic carbocycles. The fraction of sp³-hybridized carbons (Fsp3) is 0.750. The summed E-state index contributed by atoms with van der Waals surface area (Å²) in [5.74, 6) is 0. The van der Waals surface area contributed by atoms with Gasteiger partial charge in [-0.05, 0) is 0 Å². The van der Waals surface area contributed by atoms with Crippen LogP contribution in [0.4, 0.5) is 22.0 Å². The van der Waals surface area contributed by atoms with Gasteiger partial charge in [0, 0.05) is 13.1 Å². The molecule has 88 valence electrons. The first-order valence-electron chi connectivity index (χ1n) is 4.23. The molecular weight excluding hydrogens is 221 g/mol. The molecule has 0 aromatic heterocycles. The van der Waals surface area contributed by atoms with Crippen molar-refractivity contribution in [2.45, 2.75) is 12.2 Å². The predicted octanol–water partition coefficient (Wildman–Crippen LogP) is 2.03. The van der Waals surface area contributed by atoms with Gasteiger partial charge in [-0.1, -0.05) is 6.58 Å². The van der Waals surface area contributed by atoms with Crippen LogP contribution in [-0.2, 0) is 4.74 Å². The minimum atomic E-state index is -5.08. The predicted molar refractivity (Wildman–Crippen MR) is 42.5 cm³/mol. The number of rotatable bonds is 2. The van der Waals surface area contributed by atoms with E-state index in [4.69, 9.17) is 4.74 Å². The summed E-state index contributed by atoms with van der Waals surface area (Å²) in [5.41, 5.74) is -2.03. The summed E-state index contributed by atoms with van der Waals surface area (Å²) in [5, 5.41) is 0. The molecular formula is C8H10F5NO. The van der Waals surface area contributed by atoms with Gasteiger partial charge in [-0.2, -0.15) is 22.0 Å². The van der Waals surface area contributed by atoms with Gasteiger partial charge in [-0.25, -0.2) is 4.90 Å². The Balaban J connectivity index is 2.76. The molecule has 2 nitrogen and oxygen atoms in total. The molecule has 1 rings (SSSR count). The van der Waals surface area contributed by atoms with Gasteiger partial charge in [0.15, 0.2) is 0 Å². The monoisotopic (exact) mass is 231 g/mol. The van der Waals surface area contributed by atoms with Gasteiger partial charge in [0.2, 0.25) is 0 Å². The third kappa shape index (κ3) is 2.66. The topological polar surface area (TPSA) is 12.5 Å². The van der Waals surface area contributed by atoms with Crippen LogP contribution in [0.1, 0.15) is 0 Å². The second kappa shape index (κ2) is 4.05. The molecule has 0 amide bonds. The highest BCUT2D eigenvalue weighted by Crippen LogP contribution is 2.38. The van der Waals surface area contributed by atoms with Gasteiger partial charge in [-0.3, -0.25) is 0 Å². The summed E-state index contributed by atoms with van der Waals surface area (Å²) >= 11 is 0. The van der Waals surface area contributed by atoms with Crippen LogP contribution in [-0.4, -0.2) is 43.4 Å². The van der Waals surface area contributed by atoms with Crippen LogP contribution < -0.4 is 0 Å². The quantitative estimate of drug-likeness (QED) is 0.409. The number of nitrogens with zero attached hydrogens (tertiary/aromatic N) is 1. The highest BCUT2D eigenvalue weighted by molar-refractivity contribution is 5.13. The zero-order valence-electron chi connectivity index (χ0n) is 7.78. The SMILES string of the molecule is C=C(C(F)(F)F)C(F)(F)N1CCOCC1. The van der Waals surface area contributed by atoms with Crippen molar-refractivity contribution in [1.82, 2.24) is 4.90 Å². The third-order valence-electron chi connectivity index (χ3n) is 2.11. The number of ether oxygens (including phenoxy) is 1. The largest absolute Gasteiger partial charge is 0.419 e. The van der Waals surface area contributed by atoms with Crippen LogP contribution >= 0.6 is 0 Å². The van der Waals surface area contributed by atoms with E-state index in [1.807, 2.05) is 0 Å². The zero-order valence-corrected chi connectivity index (χ0v) is 7.78. The normalized spacial score (nSPS) is 20.3. The Hall–Kier alpha value is -0.690. The van der Waals surface area contributed by atoms with Crippen LogP contribution in [0.2, 0.25) is 0 Å². The molecule has 15 heavy (non-hydrogen) atoms. The minimum absolute atomic E-state index is 0.000721. The molecule has 0 radical (unpaired) electrons. The molecule has 1 saturated heterocycles. The van der Waals surface area contributed by atoms with Crippen molar-refractivity contribution in [2.75, 3.05) is 26.3 Å². The Labute approximate surface area is 83.3 Å². The average molecular weight is 231 g/mol. The molecule has 0 unspecified atom stereocenters. The maximum atomic E-state index is 13.2. The maximum Gasteiger partial charge on any atom is 0.419 e. The second-order valence-electron chi connectivity index (χ2n) is 3.12. The lowest BCUT2D eigenvalue weighted by Gasteiger charge is -2.35. The van der Waals surface area contributed by atoms with Gasteiger partial charge >= 0.3 is 12.2 Å². The van der Waals surface area contributed by atoms with E-state index in [0.717, 1.165) is 0 Å². The molecule has 0 aromatic carbocycles. The summed E-state index contributed by atoms with van der Waals surface area (Å²) in [6, 6.07) is -4.05. The maximum absolute atomic E-state index is 13.2. The number of morpholine rings is 1. The number of alkyl halides is 5. The van der Waals surface area contributed by atoms with E-state index in [-0.39, 0.29) is 26.3 Å². The van der Waals surface area contributed by atoms with Crippen LogP contribution in [0.15, 0.2) is 12.2 Å². The lowest BCUT2D eigenvalue weighted by Crippen LogP contribution is -2.51. The van der Waals surface area contributed by atoms with Crippen molar-refractivity contribution in [3.05, 3.63) is 12.2 Å². The van der Waals surface area contributed by atoms with E-state index in [1.165, 1.54) is 0 Å². The Morgan fingerprint density at radius 3 is 1.93 bits per heavy atom. The molecule has 7 heteroatoms. The molecule has 0 atom stereocenters. The van der Waals surface area contributed by atoms with Crippen LogP contribution in [0.5, 0.6) is 0 Å². The highest BCUT2D eigenvalue weighted by Gasteiger charge is 2.52. The molecule has 1 fully saturated rings. The molecule has 0 bridgehead atoms. The van der Waals surface area contributed by atoms with Gasteiger partial charge < -0.3 is 4.74 Å². The first-order valence-corrected chi connectivity index (χ1v) is 4.23. The molecule has 1 heterocycles. The van der Waals surface area contributed by atoms with E-state index in [1.54, 1.807) is 0 Å². The summed E-state index contributed by atoms with van der Waals surface area (Å²) in [6.45, 7) is 1.95. The first-order chi connectivity index (χ1) is 6.76. The standard InChI is InChI=1S/C8H10F5NO/c1-6(7(9,10)11)8(12,13)14-2-4-15-5-3-14/h1-5H2. The van der Waals surface area contributed by atoms with Crippen molar-refractivity contribution >= 4 is 0 Å². The second-order valence-corrected chi connectivity index (χ2v) is 3.12. The molecule has 1 aliphatic heterocycles. The Bertz CT molecular complexity index is 244. The van der Waals surface area contributed by atoms with Crippen molar-refractivity contribution in [1.29, 1.82) is 0 Å². The number of halogens is 5. The smallest absolute Gasteiger partial charge is 0.379 e. The van der Waals surface area contributed by atoms with Crippen molar-refractivity contribution < 1.29 is 26.7 Å². The Morgan fingerprint density at radius 1 is 1.07 bits per heavy atom. The fourth-order valence-corrected chi connectivity index (χ4v) is 1.21. The molecule has 0 saturated carbocycles. The molecule has 0 N–H and O–H groups in total. The van der Waals surface area contributed by atoms with Crippen molar-refractivity contribution in [3.8, 4) is 0 Å². The van der Waals surface area contributed by atoms with Gasteiger partial charge in [0.05, 0.1) is 13.2 Å². The minimum Gasteiger partial charge on any atom is -0.379 e. The first kappa shape index (κ1) is 12.4. The molecule has 1 aliphatic rings. The fourth-order valence-electron chi connectivity index (χ4n) is 1.21. The molecule has 0 aromatic rings. The Kier molecular flexibility index (Phi) is 3.34. The summed E-state index contributed by atoms with van der Waals surface area (Å²) < 4.78 is 67.5. The highest BCUT2D eigenvalue weighted by atomic mass is 19.4. The van der Waals surface area contributed by atoms with Crippen LogP contribution in [0.3, 0.4) is 0 Å².